The van der Waals surface area contributed by atoms with Gasteiger partial charge in [-0.2, -0.15) is 0 Å². The average Bonchev–Trinajstić information content (AvgIpc) is 2.76. The number of aromatic nitrogens is 1. The lowest BCUT2D eigenvalue weighted by molar-refractivity contribution is -0.138. The van der Waals surface area contributed by atoms with Gasteiger partial charge in [0.2, 0.25) is 0 Å². The third-order valence-corrected chi connectivity index (χ3v) is 4.87. The van der Waals surface area contributed by atoms with Crippen LogP contribution in [0.15, 0.2) is 24.5 Å². The van der Waals surface area contributed by atoms with Gasteiger partial charge in [0.05, 0.1) is 17.1 Å². The van der Waals surface area contributed by atoms with Gasteiger partial charge < -0.3 is 10.0 Å². The summed E-state index contributed by atoms with van der Waals surface area (Å²) >= 11 is 0. The Morgan fingerprint density at radius 1 is 1.45 bits per heavy atom. The van der Waals surface area contributed by atoms with Gasteiger partial charge in [-0.05, 0) is 18.6 Å². The molecular formula is C12H14N2O5S. The number of carbonyl (C=O) groups excluding carboxylic acids is 1. The van der Waals surface area contributed by atoms with Crippen molar-refractivity contribution in [2.75, 3.05) is 18.1 Å². The van der Waals surface area contributed by atoms with Crippen LogP contribution >= 0.6 is 0 Å². The summed E-state index contributed by atoms with van der Waals surface area (Å²) in [4.78, 5) is 28.1. The van der Waals surface area contributed by atoms with E-state index < -0.39 is 34.3 Å². The van der Waals surface area contributed by atoms with E-state index in [2.05, 4.69) is 4.98 Å². The highest BCUT2D eigenvalue weighted by Crippen LogP contribution is 2.19. The second kappa shape index (κ2) is 5.58. The van der Waals surface area contributed by atoms with Crippen LogP contribution < -0.4 is 0 Å². The molecule has 0 saturated carbocycles. The number of carboxylic acid groups (broad SMARTS) is 1. The van der Waals surface area contributed by atoms with E-state index in [0.29, 0.717) is 0 Å². The van der Waals surface area contributed by atoms with Gasteiger partial charge in [-0.25, -0.2) is 8.42 Å². The molecule has 1 amide bonds. The Morgan fingerprint density at radius 3 is 2.70 bits per heavy atom. The Morgan fingerprint density at radius 2 is 2.20 bits per heavy atom. The molecule has 8 heteroatoms. The van der Waals surface area contributed by atoms with Gasteiger partial charge in [0.25, 0.3) is 5.91 Å². The van der Waals surface area contributed by atoms with E-state index in [0.717, 1.165) is 4.90 Å². The molecule has 0 bridgehead atoms. The highest BCUT2D eigenvalue weighted by atomic mass is 32.2. The number of nitrogens with zero attached hydrogens (tertiary/aromatic N) is 2. The summed E-state index contributed by atoms with van der Waals surface area (Å²) in [6.07, 6.45) is 3.10. The molecule has 1 saturated heterocycles. The van der Waals surface area contributed by atoms with Crippen molar-refractivity contribution in [1.29, 1.82) is 0 Å². The molecule has 1 aliphatic rings. The molecule has 0 spiro atoms. The molecular weight excluding hydrogens is 284 g/mol. The van der Waals surface area contributed by atoms with E-state index in [4.69, 9.17) is 5.11 Å². The Labute approximate surface area is 116 Å². The lowest BCUT2D eigenvalue weighted by Crippen LogP contribution is -2.44. The zero-order valence-corrected chi connectivity index (χ0v) is 11.4. The summed E-state index contributed by atoms with van der Waals surface area (Å²) in [6, 6.07) is 2.49. The van der Waals surface area contributed by atoms with Gasteiger partial charge in [0.1, 0.15) is 6.54 Å². The second-order valence-corrected chi connectivity index (χ2v) is 6.85. The van der Waals surface area contributed by atoms with Crippen molar-refractivity contribution in [2.24, 2.45) is 0 Å². The maximum atomic E-state index is 12.3. The third kappa shape index (κ3) is 3.32. The average molecular weight is 298 g/mol. The number of aliphatic carboxylic acids is 1. The zero-order chi connectivity index (χ0) is 14.8. The molecule has 108 valence electrons. The molecule has 1 N–H and O–H groups in total. The van der Waals surface area contributed by atoms with Gasteiger partial charge in [-0.3, -0.25) is 14.6 Å². The number of pyridine rings is 1. The van der Waals surface area contributed by atoms with Crippen LogP contribution in [0.4, 0.5) is 0 Å². The summed E-state index contributed by atoms with van der Waals surface area (Å²) in [5.41, 5.74) is 0.248. The van der Waals surface area contributed by atoms with Crippen molar-refractivity contribution in [1.82, 2.24) is 9.88 Å². The number of amides is 1. The predicted molar refractivity (Wildman–Crippen MR) is 70.0 cm³/mol. The fraction of sp³-hybridized carbons (Fsp3) is 0.417. The maximum Gasteiger partial charge on any atom is 0.323 e. The lowest BCUT2D eigenvalue weighted by Gasteiger charge is -2.26. The van der Waals surface area contributed by atoms with Crippen molar-refractivity contribution in [3.63, 3.8) is 0 Å². The molecule has 2 heterocycles. The van der Waals surface area contributed by atoms with Gasteiger partial charge in [-0.15, -0.1) is 0 Å². The first-order valence-electron chi connectivity index (χ1n) is 6.02. The molecule has 1 aliphatic heterocycles. The highest BCUT2D eigenvalue weighted by Gasteiger charge is 2.35. The summed E-state index contributed by atoms with van der Waals surface area (Å²) in [5.74, 6) is -1.89. The largest absolute Gasteiger partial charge is 0.480 e. The van der Waals surface area contributed by atoms with E-state index in [1.165, 1.54) is 18.5 Å². The molecule has 2 rings (SSSR count). The van der Waals surface area contributed by atoms with Crippen LogP contribution in [-0.2, 0) is 14.6 Å². The van der Waals surface area contributed by atoms with Crippen LogP contribution in [0, 0.1) is 0 Å². The quantitative estimate of drug-likeness (QED) is 0.825. The summed E-state index contributed by atoms with van der Waals surface area (Å²) in [7, 11) is -3.19. The first kappa shape index (κ1) is 14.4. The van der Waals surface area contributed by atoms with E-state index in [1.54, 1.807) is 6.07 Å². The Balaban J connectivity index is 2.24. The Bertz CT molecular complexity index is 614. The monoisotopic (exact) mass is 298 g/mol. The SMILES string of the molecule is O=C(O)CN(C(=O)c1cccnc1)C1CCS(=O)(=O)C1. The minimum Gasteiger partial charge on any atom is -0.480 e. The predicted octanol–water partition coefficient (Wildman–Crippen LogP) is -0.204. The van der Waals surface area contributed by atoms with Crippen molar-refractivity contribution < 1.29 is 23.1 Å². The first-order valence-corrected chi connectivity index (χ1v) is 7.84. The van der Waals surface area contributed by atoms with E-state index in [9.17, 15) is 18.0 Å². The van der Waals surface area contributed by atoms with Crippen LogP contribution in [0.2, 0.25) is 0 Å². The van der Waals surface area contributed by atoms with Crippen LogP contribution in [0.25, 0.3) is 0 Å². The minimum atomic E-state index is -3.19. The third-order valence-electron chi connectivity index (χ3n) is 3.12. The first-order chi connectivity index (χ1) is 9.39. The molecule has 20 heavy (non-hydrogen) atoms. The Hall–Kier alpha value is -1.96. The van der Waals surface area contributed by atoms with E-state index in [-0.39, 0.29) is 23.5 Å². The zero-order valence-electron chi connectivity index (χ0n) is 10.6. The van der Waals surface area contributed by atoms with Crippen molar-refractivity contribution in [3.05, 3.63) is 30.1 Å². The van der Waals surface area contributed by atoms with Gasteiger partial charge in [0.15, 0.2) is 9.84 Å². The molecule has 1 fully saturated rings. The van der Waals surface area contributed by atoms with Crippen LogP contribution in [0.1, 0.15) is 16.8 Å². The molecule has 1 aromatic rings. The summed E-state index contributed by atoms with van der Waals surface area (Å²) in [6.45, 7) is -0.520. The highest BCUT2D eigenvalue weighted by molar-refractivity contribution is 7.91. The van der Waals surface area contributed by atoms with Crippen molar-refractivity contribution in [2.45, 2.75) is 12.5 Å². The fourth-order valence-electron chi connectivity index (χ4n) is 2.19. The van der Waals surface area contributed by atoms with Gasteiger partial charge >= 0.3 is 5.97 Å². The lowest BCUT2D eigenvalue weighted by atomic mass is 10.1. The van der Waals surface area contributed by atoms with Crippen LogP contribution in [0.5, 0.6) is 0 Å². The van der Waals surface area contributed by atoms with Crippen molar-refractivity contribution in [3.8, 4) is 0 Å². The molecule has 1 aromatic heterocycles. The normalized spacial score (nSPS) is 20.5. The number of hydrogen-bond acceptors (Lipinski definition) is 5. The van der Waals surface area contributed by atoms with Crippen LogP contribution in [0.3, 0.4) is 0 Å². The van der Waals surface area contributed by atoms with E-state index in [1.807, 2.05) is 0 Å². The summed E-state index contributed by atoms with van der Waals surface area (Å²) < 4.78 is 23.0. The number of rotatable bonds is 4. The smallest absolute Gasteiger partial charge is 0.323 e. The molecule has 0 aromatic carbocycles. The molecule has 1 atom stereocenters. The minimum absolute atomic E-state index is 0.0197. The molecule has 7 nitrogen and oxygen atoms in total. The van der Waals surface area contributed by atoms with E-state index >= 15 is 0 Å². The Kier molecular flexibility index (Phi) is 4.03. The topological polar surface area (TPSA) is 105 Å². The van der Waals surface area contributed by atoms with Crippen LogP contribution in [-0.4, -0.2) is 59.4 Å². The molecule has 0 aliphatic carbocycles. The number of sulfone groups is 1. The summed E-state index contributed by atoms with van der Waals surface area (Å²) in [5, 5.41) is 8.91. The maximum absolute atomic E-state index is 12.3. The fourth-order valence-corrected chi connectivity index (χ4v) is 3.92. The molecule has 0 radical (unpaired) electrons. The number of hydrogen-bond donors (Lipinski definition) is 1. The second-order valence-electron chi connectivity index (χ2n) is 4.63. The number of carbonyl (C=O) groups is 2. The van der Waals surface area contributed by atoms with Crippen molar-refractivity contribution >= 4 is 21.7 Å². The number of carboxylic acids is 1. The standard InChI is InChI=1S/C12H14N2O5S/c15-11(16)7-14(10-3-5-20(18,19)8-10)12(17)9-2-1-4-13-6-9/h1-2,4,6,10H,3,5,7-8H2,(H,15,16). The van der Waals surface area contributed by atoms with Gasteiger partial charge in [-0.1, -0.05) is 0 Å². The van der Waals surface area contributed by atoms with Gasteiger partial charge in [0, 0.05) is 18.4 Å². The molecule has 1 unspecified atom stereocenters.